The highest BCUT2D eigenvalue weighted by Crippen LogP contribution is 2.35. The lowest BCUT2D eigenvalue weighted by Gasteiger charge is -2.17. The Labute approximate surface area is 114 Å². The number of halogens is 1. The zero-order chi connectivity index (χ0) is 13.0. The maximum atomic E-state index is 12.0. The van der Waals surface area contributed by atoms with E-state index in [2.05, 4.69) is 15.4 Å². The molecular formula is C13H11ClN4O. The van der Waals surface area contributed by atoms with E-state index in [1.54, 1.807) is 6.20 Å². The molecule has 1 N–H and O–H groups in total. The van der Waals surface area contributed by atoms with Crippen LogP contribution >= 0.6 is 11.6 Å². The molecule has 0 radical (unpaired) electrons. The van der Waals surface area contributed by atoms with Crippen molar-refractivity contribution in [2.75, 3.05) is 6.54 Å². The number of aromatic nitrogens is 3. The Hall–Kier alpha value is -1.88. The van der Waals surface area contributed by atoms with Crippen LogP contribution in [0, 0.1) is 0 Å². The molecule has 1 aliphatic carbocycles. The molecule has 2 aromatic heterocycles. The Balaban J connectivity index is 1.98. The second-order valence-electron chi connectivity index (χ2n) is 4.82. The average Bonchev–Trinajstić information content (AvgIpc) is 2.79. The van der Waals surface area contributed by atoms with Gasteiger partial charge in [-0.1, -0.05) is 11.6 Å². The third kappa shape index (κ3) is 1.51. The molecule has 0 aromatic carbocycles. The van der Waals surface area contributed by atoms with Crippen molar-refractivity contribution >= 4 is 17.5 Å². The van der Waals surface area contributed by atoms with Crippen molar-refractivity contribution in [3.05, 3.63) is 34.2 Å². The van der Waals surface area contributed by atoms with Crippen LogP contribution in [-0.2, 0) is 19.4 Å². The van der Waals surface area contributed by atoms with Crippen molar-refractivity contribution in [1.82, 2.24) is 20.1 Å². The maximum absolute atomic E-state index is 12.0. The van der Waals surface area contributed by atoms with Gasteiger partial charge < -0.3 is 5.32 Å². The molecule has 0 bridgehead atoms. The molecule has 0 saturated heterocycles. The quantitative estimate of drug-likeness (QED) is 0.740. The minimum absolute atomic E-state index is 0.0244. The van der Waals surface area contributed by atoms with Crippen LogP contribution in [0.3, 0.4) is 0 Å². The van der Waals surface area contributed by atoms with Gasteiger partial charge in [-0.15, -0.1) is 0 Å². The van der Waals surface area contributed by atoms with Crippen molar-refractivity contribution in [2.24, 2.45) is 0 Å². The molecule has 2 aromatic rings. The van der Waals surface area contributed by atoms with Gasteiger partial charge in [0.1, 0.15) is 10.8 Å². The van der Waals surface area contributed by atoms with Gasteiger partial charge in [0, 0.05) is 23.9 Å². The number of hydrogen-bond acceptors (Lipinski definition) is 3. The zero-order valence-electron chi connectivity index (χ0n) is 10.1. The molecular weight excluding hydrogens is 264 g/mol. The van der Waals surface area contributed by atoms with E-state index < -0.39 is 0 Å². The summed E-state index contributed by atoms with van der Waals surface area (Å²) in [5, 5.41) is 7.93. The number of hydrogen-bond donors (Lipinski definition) is 1. The lowest BCUT2D eigenvalue weighted by molar-refractivity contribution is 0.0923. The van der Waals surface area contributed by atoms with Gasteiger partial charge in [0.05, 0.1) is 12.2 Å². The molecule has 1 aliphatic heterocycles. The summed E-state index contributed by atoms with van der Waals surface area (Å²) in [6.07, 6.45) is 3.51. The lowest BCUT2D eigenvalue weighted by atomic mass is 9.90. The van der Waals surface area contributed by atoms with E-state index in [9.17, 15) is 4.79 Å². The number of carbonyl (C=O) groups excluding carboxylic acids is 1. The van der Waals surface area contributed by atoms with Crippen LogP contribution in [0.2, 0.25) is 5.15 Å². The monoisotopic (exact) mass is 274 g/mol. The van der Waals surface area contributed by atoms with E-state index in [1.165, 1.54) is 0 Å². The molecule has 3 heterocycles. The van der Waals surface area contributed by atoms with Crippen molar-refractivity contribution < 1.29 is 4.79 Å². The van der Waals surface area contributed by atoms with Crippen molar-refractivity contribution in [3.63, 3.8) is 0 Å². The third-order valence-corrected chi connectivity index (χ3v) is 3.93. The van der Waals surface area contributed by atoms with Crippen LogP contribution in [0.15, 0.2) is 12.3 Å². The molecule has 1 amide bonds. The van der Waals surface area contributed by atoms with E-state index in [-0.39, 0.29) is 5.91 Å². The molecule has 6 heteroatoms. The molecule has 0 atom stereocenters. The van der Waals surface area contributed by atoms with Crippen LogP contribution in [-0.4, -0.2) is 27.2 Å². The van der Waals surface area contributed by atoms with Crippen molar-refractivity contribution in [3.8, 4) is 11.3 Å². The van der Waals surface area contributed by atoms with Crippen molar-refractivity contribution in [2.45, 2.75) is 19.4 Å². The van der Waals surface area contributed by atoms with Crippen molar-refractivity contribution in [1.29, 1.82) is 0 Å². The molecule has 0 spiro atoms. The fourth-order valence-corrected chi connectivity index (χ4v) is 3.02. The molecule has 2 aliphatic rings. The first kappa shape index (κ1) is 11.0. The normalized spacial score (nSPS) is 16.4. The summed E-state index contributed by atoms with van der Waals surface area (Å²) in [6.45, 7) is 1.36. The predicted molar refractivity (Wildman–Crippen MR) is 70.2 cm³/mol. The molecule has 0 saturated carbocycles. The summed E-state index contributed by atoms with van der Waals surface area (Å²) in [6, 6.07) is 1.84. The van der Waals surface area contributed by atoms with E-state index >= 15 is 0 Å². The predicted octanol–water partition coefficient (Wildman–Crippen LogP) is 1.44. The smallest absolute Gasteiger partial charge is 0.269 e. The van der Waals surface area contributed by atoms with Gasteiger partial charge in [-0.25, -0.2) is 4.98 Å². The first-order valence-corrected chi connectivity index (χ1v) is 6.64. The SMILES string of the molecule is O=C1NCCn2nc3c(c21)CCc1cnc(Cl)cc1-3. The Morgan fingerprint density at radius 3 is 3.16 bits per heavy atom. The molecule has 19 heavy (non-hydrogen) atoms. The molecule has 0 fully saturated rings. The third-order valence-electron chi connectivity index (χ3n) is 3.73. The average molecular weight is 275 g/mol. The highest BCUT2D eigenvalue weighted by atomic mass is 35.5. The number of aryl methyl sites for hydroxylation is 1. The Morgan fingerprint density at radius 2 is 2.26 bits per heavy atom. The second kappa shape index (κ2) is 3.81. The van der Waals surface area contributed by atoms with Gasteiger partial charge in [-0.3, -0.25) is 9.48 Å². The van der Waals surface area contributed by atoms with Gasteiger partial charge in [-0.2, -0.15) is 5.10 Å². The Morgan fingerprint density at radius 1 is 1.37 bits per heavy atom. The largest absolute Gasteiger partial charge is 0.349 e. The minimum atomic E-state index is -0.0244. The number of amides is 1. The first-order chi connectivity index (χ1) is 9.24. The first-order valence-electron chi connectivity index (χ1n) is 6.27. The van der Waals surface area contributed by atoms with Crippen LogP contribution in [0.5, 0.6) is 0 Å². The molecule has 96 valence electrons. The van der Waals surface area contributed by atoms with Gasteiger partial charge in [0.2, 0.25) is 0 Å². The summed E-state index contributed by atoms with van der Waals surface area (Å²) in [7, 11) is 0. The van der Waals surface area contributed by atoms with E-state index in [0.717, 1.165) is 41.8 Å². The van der Waals surface area contributed by atoms with Gasteiger partial charge >= 0.3 is 0 Å². The van der Waals surface area contributed by atoms with Crippen LogP contribution < -0.4 is 5.32 Å². The zero-order valence-corrected chi connectivity index (χ0v) is 10.9. The lowest BCUT2D eigenvalue weighted by Crippen LogP contribution is -2.36. The Kier molecular flexibility index (Phi) is 2.20. The summed E-state index contributed by atoms with van der Waals surface area (Å²) < 4.78 is 1.81. The fraction of sp³-hybridized carbons (Fsp3) is 0.308. The number of carbonyl (C=O) groups is 1. The number of nitrogens with zero attached hydrogens (tertiary/aromatic N) is 3. The fourth-order valence-electron chi connectivity index (χ4n) is 2.86. The maximum Gasteiger partial charge on any atom is 0.269 e. The number of rotatable bonds is 0. The van der Waals surface area contributed by atoms with Crippen LogP contribution in [0.4, 0.5) is 0 Å². The molecule has 0 unspecified atom stereocenters. The second-order valence-corrected chi connectivity index (χ2v) is 5.21. The number of pyridine rings is 1. The summed E-state index contributed by atoms with van der Waals surface area (Å²) in [4.78, 5) is 16.1. The standard InChI is InChI=1S/C13H11ClN4O/c14-10-5-9-7(6-16-10)1-2-8-11(9)17-18-4-3-15-13(19)12(8)18/h5-6H,1-4H2,(H,15,19). The van der Waals surface area contributed by atoms with Gasteiger partial charge in [0.25, 0.3) is 5.91 Å². The van der Waals surface area contributed by atoms with E-state index in [4.69, 9.17) is 11.6 Å². The highest BCUT2D eigenvalue weighted by Gasteiger charge is 2.30. The van der Waals surface area contributed by atoms with Gasteiger partial charge in [-0.05, 0) is 24.5 Å². The van der Waals surface area contributed by atoms with Gasteiger partial charge in [0.15, 0.2) is 0 Å². The number of fused-ring (bicyclic) bond motifs is 5. The van der Waals surface area contributed by atoms with E-state index in [1.807, 2.05) is 10.7 Å². The summed E-state index contributed by atoms with van der Waals surface area (Å²) >= 11 is 5.97. The van der Waals surface area contributed by atoms with Crippen LogP contribution in [0.1, 0.15) is 21.6 Å². The molecule has 4 rings (SSSR count). The molecule has 5 nitrogen and oxygen atoms in total. The summed E-state index contributed by atoms with van der Waals surface area (Å²) in [5.41, 5.74) is 4.79. The minimum Gasteiger partial charge on any atom is -0.349 e. The van der Waals surface area contributed by atoms with Crippen LogP contribution in [0.25, 0.3) is 11.3 Å². The van der Waals surface area contributed by atoms with E-state index in [0.29, 0.717) is 17.4 Å². The Bertz CT molecular complexity index is 707. The number of nitrogens with one attached hydrogen (secondary N) is 1. The topological polar surface area (TPSA) is 59.8 Å². The highest BCUT2D eigenvalue weighted by molar-refractivity contribution is 6.29. The summed E-state index contributed by atoms with van der Waals surface area (Å²) in [5.74, 6) is -0.0244.